The molecule has 1 amide bonds. The standard InChI is InChI=1S/C11H16N2O/c1-8(7-12)9-5-3-4-6-10(9)11(14)13-2/h3-6,8H,7,12H2,1-2H3,(H,13,14). The number of nitrogens with two attached hydrogens (primary N) is 1. The first-order chi connectivity index (χ1) is 6.70. The van der Waals surface area contributed by atoms with E-state index in [0.29, 0.717) is 12.1 Å². The van der Waals surface area contributed by atoms with Crippen LogP contribution in [0.25, 0.3) is 0 Å². The van der Waals surface area contributed by atoms with Gasteiger partial charge in [-0.2, -0.15) is 0 Å². The molecule has 0 aliphatic heterocycles. The fourth-order valence-corrected chi connectivity index (χ4v) is 1.40. The first-order valence-electron chi connectivity index (χ1n) is 4.71. The molecular formula is C11H16N2O. The lowest BCUT2D eigenvalue weighted by Crippen LogP contribution is -2.21. The zero-order valence-corrected chi connectivity index (χ0v) is 8.58. The summed E-state index contributed by atoms with van der Waals surface area (Å²) in [5.41, 5.74) is 7.31. The van der Waals surface area contributed by atoms with Crippen LogP contribution in [0.3, 0.4) is 0 Å². The van der Waals surface area contributed by atoms with Crippen molar-refractivity contribution in [1.29, 1.82) is 0 Å². The van der Waals surface area contributed by atoms with Gasteiger partial charge in [-0.05, 0) is 24.1 Å². The van der Waals surface area contributed by atoms with Crippen molar-refractivity contribution in [2.24, 2.45) is 5.73 Å². The van der Waals surface area contributed by atoms with Gasteiger partial charge in [0.25, 0.3) is 5.91 Å². The maximum absolute atomic E-state index is 11.5. The largest absolute Gasteiger partial charge is 0.355 e. The van der Waals surface area contributed by atoms with Gasteiger partial charge in [0.2, 0.25) is 0 Å². The summed E-state index contributed by atoms with van der Waals surface area (Å²) in [6.45, 7) is 2.57. The highest BCUT2D eigenvalue weighted by molar-refractivity contribution is 5.95. The molecule has 76 valence electrons. The number of benzene rings is 1. The van der Waals surface area contributed by atoms with Crippen molar-refractivity contribution in [2.45, 2.75) is 12.8 Å². The topological polar surface area (TPSA) is 55.1 Å². The Labute approximate surface area is 84.3 Å². The summed E-state index contributed by atoms with van der Waals surface area (Å²) < 4.78 is 0. The van der Waals surface area contributed by atoms with E-state index in [1.54, 1.807) is 7.05 Å². The molecule has 0 saturated heterocycles. The zero-order chi connectivity index (χ0) is 10.6. The van der Waals surface area contributed by atoms with Crippen LogP contribution < -0.4 is 11.1 Å². The molecule has 0 aliphatic rings. The summed E-state index contributed by atoms with van der Waals surface area (Å²) in [7, 11) is 1.63. The smallest absolute Gasteiger partial charge is 0.251 e. The van der Waals surface area contributed by atoms with Gasteiger partial charge in [-0.25, -0.2) is 0 Å². The molecule has 0 heterocycles. The van der Waals surface area contributed by atoms with Crippen LogP contribution >= 0.6 is 0 Å². The van der Waals surface area contributed by atoms with E-state index in [9.17, 15) is 4.79 Å². The summed E-state index contributed by atoms with van der Waals surface area (Å²) >= 11 is 0. The Morgan fingerprint density at radius 2 is 2.14 bits per heavy atom. The van der Waals surface area contributed by atoms with E-state index in [2.05, 4.69) is 5.32 Å². The Bertz CT molecular complexity index is 323. The molecule has 0 aliphatic carbocycles. The number of amides is 1. The van der Waals surface area contributed by atoms with Gasteiger partial charge >= 0.3 is 0 Å². The summed E-state index contributed by atoms with van der Waals surface area (Å²) in [4.78, 5) is 11.5. The first kappa shape index (κ1) is 10.7. The van der Waals surface area contributed by atoms with E-state index < -0.39 is 0 Å². The van der Waals surface area contributed by atoms with Crippen molar-refractivity contribution >= 4 is 5.91 Å². The molecule has 1 aromatic rings. The van der Waals surface area contributed by atoms with E-state index in [1.165, 1.54) is 0 Å². The monoisotopic (exact) mass is 192 g/mol. The van der Waals surface area contributed by atoms with E-state index >= 15 is 0 Å². The molecule has 14 heavy (non-hydrogen) atoms. The second-order valence-electron chi connectivity index (χ2n) is 3.30. The quantitative estimate of drug-likeness (QED) is 0.753. The molecule has 1 unspecified atom stereocenters. The molecule has 3 N–H and O–H groups in total. The number of carbonyl (C=O) groups excluding carboxylic acids is 1. The molecule has 0 spiro atoms. The lowest BCUT2D eigenvalue weighted by molar-refractivity contribution is 0.0962. The van der Waals surface area contributed by atoms with Gasteiger partial charge in [-0.15, -0.1) is 0 Å². The molecule has 0 bridgehead atoms. The molecule has 0 aromatic heterocycles. The van der Waals surface area contributed by atoms with Crippen molar-refractivity contribution in [1.82, 2.24) is 5.32 Å². The average Bonchev–Trinajstić information content (AvgIpc) is 2.27. The van der Waals surface area contributed by atoms with Crippen LogP contribution in [-0.2, 0) is 0 Å². The number of rotatable bonds is 3. The fourth-order valence-electron chi connectivity index (χ4n) is 1.40. The predicted molar refractivity (Wildman–Crippen MR) is 57.3 cm³/mol. The van der Waals surface area contributed by atoms with Crippen molar-refractivity contribution in [3.05, 3.63) is 35.4 Å². The third kappa shape index (κ3) is 2.12. The van der Waals surface area contributed by atoms with Gasteiger partial charge in [-0.3, -0.25) is 4.79 Å². The number of carbonyl (C=O) groups is 1. The van der Waals surface area contributed by atoms with Gasteiger partial charge in [0.15, 0.2) is 0 Å². The average molecular weight is 192 g/mol. The van der Waals surface area contributed by atoms with Crippen LogP contribution in [0, 0.1) is 0 Å². The minimum absolute atomic E-state index is 0.0547. The molecular weight excluding hydrogens is 176 g/mol. The lowest BCUT2D eigenvalue weighted by Gasteiger charge is -2.13. The fraction of sp³-hybridized carbons (Fsp3) is 0.364. The molecule has 3 nitrogen and oxygen atoms in total. The Hall–Kier alpha value is -1.35. The van der Waals surface area contributed by atoms with Gasteiger partial charge in [-0.1, -0.05) is 25.1 Å². The molecule has 1 rings (SSSR count). The summed E-state index contributed by atoms with van der Waals surface area (Å²) in [5, 5.41) is 2.62. The third-order valence-corrected chi connectivity index (χ3v) is 2.32. The third-order valence-electron chi connectivity index (χ3n) is 2.32. The molecule has 0 saturated carbocycles. The van der Waals surface area contributed by atoms with Gasteiger partial charge in [0.1, 0.15) is 0 Å². The van der Waals surface area contributed by atoms with Crippen molar-refractivity contribution in [2.75, 3.05) is 13.6 Å². The zero-order valence-electron chi connectivity index (χ0n) is 8.58. The van der Waals surface area contributed by atoms with Gasteiger partial charge in [0.05, 0.1) is 0 Å². The highest BCUT2D eigenvalue weighted by Gasteiger charge is 2.12. The number of nitrogens with one attached hydrogen (secondary N) is 1. The van der Waals surface area contributed by atoms with Crippen LogP contribution in [0.1, 0.15) is 28.8 Å². The Morgan fingerprint density at radius 3 is 2.71 bits per heavy atom. The number of hydrogen-bond donors (Lipinski definition) is 2. The van der Waals surface area contributed by atoms with Crippen LogP contribution in [0.4, 0.5) is 0 Å². The highest BCUT2D eigenvalue weighted by Crippen LogP contribution is 2.18. The Balaban J connectivity index is 3.09. The maximum atomic E-state index is 11.5. The van der Waals surface area contributed by atoms with Crippen molar-refractivity contribution < 1.29 is 4.79 Å². The second-order valence-corrected chi connectivity index (χ2v) is 3.30. The van der Waals surface area contributed by atoms with Crippen LogP contribution in [0.15, 0.2) is 24.3 Å². The van der Waals surface area contributed by atoms with Crippen LogP contribution in [-0.4, -0.2) is 19.5 Å². The highest BCUT2D eigenvalue weighted by atomic mass is 16.1. The van der Waals surface area contributed by atoms with Gasteiger partial charge in [0, 0.05) is 12.6 Å². The Morgan fingerprint density at radius 1 is 1.50 bits per heavy atom. The predicted octanol–water partition coefficient (Wildman–Crippen LogP) is 1.11. The van der Waals surface area contributed by atoms with Crippen LogP contribution in [0.5, 0.6) is 0 Å². The maximum Gasteiger partial charge on any atom is 0.251 e. The Kier molecular flexibility index (Phi) is 3.65. The summed E-state index contributed by atoms with van der Waals surface area (Å²) in [5.74, 6) is 0.157. The first-order valence-corrected chi connectivity index (χ1v) is 4.71. The molecule has 0 fully saturated rings. The summed E-state index contributed by atoms with van der Waals surface area (Å²) in [6, 6.07) is 7.55. The minimum atomic E-state index is -0.0547. The summed E-state index contributed by atoms with van der Waals surface area (Å²) in [6.07, 6.45) is 0. The lowest BCUT2D eigenvalue weighted by atomic mass is 9.95. The second kappa shape index (κ2) is 4.77. The SMILES string of the molecule is CNC(=O)c1ccccc1C(C)CN. The normalized spacial score (nSPS) is 12.2. The van der Waals surface area contributed by atoms with Gasteiger partial charge < -0.3 is 11.1 Å². The van der Waals surface area contributed by atoms with Crippen molar-refractivity contribution in [3.63, 3.8) is 0 Å². The van der Waals surface area contributed by atoms with E-state index in [-0.39, 0.29) is 11.8 Å². The van der Waals surface area contributed by atoms with Crippen molar-refractivity contribution in [3.8, 4) is 0 Å². The van der Waals surface area contributed by atoms with E-state index in [1.807, 2.05) is 31.2 Å². The molecule has 1 atom stereocenters. The number of hydrogen-bond acceptors (Lipinski definition) is 2. The van der Waals surface area contributed by atoms with Crippen LogP contribution in [0.2, 0.25) is 0 Å². The van der Waals surface area contributed by atoms with E-state index in [4.69, 9.17) is 5.73 Å². The molecule has 1 aromatic carbocycles. The minimum Gasteiger partial charge on any atom is -0.355 e. The molecule has 3 heteroatoms. The van der Waals surface area contributed by atoms with E-state index in [0.717, 1.165) is 5.56 Å². The molecule has 0 radical (unpaired) electrons.